The maximum atomic E-state index is 12.8. The van der Waals surface area contributed by atoms with E-state index >= 15 is 0 Å². The van der Waals surface area contributed by atoms with Crippen molar-refractivity contribution in [2.75, 3.05) is 11.9 Å². The molecule has 2 N–H and O–H groups in total. The summed E-state index contributed by atoms with van der Waals surface area (Å²) in [6.07, 6.45) is 2.05. The number of hydrogen-bond acceptors (Lipinski definition) is 6. The minimum Gasteiger partial charge on any atom is -0.324 e. The number of amides is 1. The van der Waals surface area contributed by atoms with Gasteiger partial charge in [-0.15, -0.1) is 0 Å². The van der Waals surface area contributed by atoms with E-state index < -0.39 is 33.7 Å². The van der Waals surface area contributed by atoms with E-state index in [4.69, 9.17) is 11.6 Å². The molecular weight excluding hydrogens is 470 g/mol. The molecule has 10 nitrogen and oxygen atoms in total. The molecule has 0 aliphatic heterocycles. The van der Waals surface area contributed by atoms with Gasteiger partial charge in [-0.1, -0.05) is 23.7 Å². The zero-order valence-corrected chi connectivity index (χ0v) is 19.5. The van der Waals surface area contributed by atoms with Crippen LogP contribution in [0.1, 0.15) is 11.3 Å². The largest absolute Gasteiger partial charge is 0.332 e. The van der Waals surface area contributed by atoms with Crippen LogP contribution in [0.5, 0.6) is 0 Å². The van der Waals surface area contributed by atoms with Crippen molar-refractivity contribution in [3.05, 3.63) is 85.9 Å². The smallest absolute Gasteiger partial charge is 0.324 e. The van der Waals surface area contributed by atoms with Gasteiger partial charge in [0.25, 0.3) is 5.56 Å². The third kappa shape index (κ3) is 5.95. The second kappa shape index (κ2) is 10.1. The van der Waals surface area contributed by atoms with E-state index in [0.29, 0.717) is 12.0 Å². The monoisotopic (exact) mass is 491 g/mol. The second-order valence-corrected chi connectivity index (χ2v) is 9.35. The van der Waals surface area contributed by atoms with E-state index in [2.05, 4.69) is 15.0 Å². The van der Waals surface area contributed by atoms with Crippen molar-refractivity contribution in [1.82, 2.24) is 18.8 Å². The topological polar surface area (TPSA) is 132 Å². The third-order valence-electron chi connectivity index (χ3n) is 4.81. The summed E-state index contributed by atoms with van der Waals surface area (Å²) < 4.78 is 29.9. The minimum atomic E-state index is -3.85. The number of nitrogens with zero attached hydrogens (tertiary/aromatic N) is 3. The molecule has 1 amide bonds. The Labute approximate surface area is 194 Å². The molecule has 2 heterocycles. The number of halogens is 1. The first-order valence-corrected chi connectivity index (χ1v) is 11.7. The first-order chi connectivity index (χ1) is 15.6. The van der Waals surface area contributed by atoms with Gasteiger partial charge in [0.05, 0.1) is 4.90 Å². The molecule has 0 bridgehead atoms. The summed E-state index contributed by atoms with van der Waals surface area (Å²) in [4.78, 5) is 40.8. The highest BCUT2D eigenvalue weighted by Crippen LogP contribution is 2.20. The van der Waals surface area contributed by atoms with Crippen LogP contribution in [0.15, 0.2) is 63.1 Å². The molecule has 1 aromatic carbocycles. The Bertz CT molecular complexity index is 1400. The number of sulfonamides is 1. The molecule has 0 unspecified atom stereocenters. The van der Waals surface area contributed by atoms with Crippen LogP contribution in [0.3, 0.4) is 0 Å². The van der Waals surface area contributed by atoms with Gasteiger partial charge >= 0.3 is 5.69 Å². The fourth-order valence-corrected chi connectivity index (χ4v) is 4.50. The van der Waals surface area contributed by atoms with Crippen LogP contribution in [0.2, 0.25) is 5.15 Å². The number of carbonyl (C=O) groups is 1. The summed E-state index contributed by atoms with van der Waals surface area (Å²) in [7, 11) is -2.48. The molecule has 0 spiro atoms. The van der Waals surface area contributed by atoms with E-state index in [1.54, 1.807) is 31.3 Å². The van der Waals surface area contributed by atoms with E-state index in [0.717, 1.165) is 20.9 Å². The molecule has 0 saturated heterocycles. The Kier molecular flexibility index (Phi) is 7.46. The molecular formula is C21H22ClN5O5S. The summed E-state index contributed by atoms with van der Waals surface area (Å²) in [5.41, 5.74) is -0.0216. The van der Waals surface area contributed by atoms with E-state index in [1.807, 2.05) is 6.07 Å². The van der Waals surface area contributed by atoms with Crippen LogP contribution in [0.25, 0.3) is 0 Å². The minimum absolute atomic E-state index is 0.000828. The molecule has 0 fully saturated rings. The van der Waals surface area contributed by atoms with Crippen LogP contribution >= 0.6 is 11.6 Å². The number of rotatable bonds is 8. The Balaban J connectivity index is 1.73. The lowest BCUT2D eigenvalue weighted by Crippen LogP contribution is -2.41. The van der Waals surface area contributed by atoms with Gasteiger partial charge in [0, 0.05) is 43.7 Å². The third-order valence-corrected chi connectivity index (χ3v) is 6.78. The van der Waals surface area contributed by atoms with Crippen LogP contribution in [0.4, 0.5) is 5.69 Å². The van der Waals surface area contributed by atoms with Gasteiger partial charge in [-0.05, 0) is 36.8 Å². The van der Waals surface area contributed by atoms with Crippen molar-refractivity contribution in [2.45, 2.75) is 24.8 Å². The lowest BCUT2D eigenvalue weighted by Gasteiger charge is -2.13. The maximum Gasteiger partial charge on any atom is 0.332 e. The van der Waals surface area contributed by atoms with Gasteiger partial charge in [-0.25, -0.2) is 17.9 Å². The van der Waals surface area contributed by atoms with Crippen LogP contribution in [-0.4, -0.2) is 35.0 Å². The number of carbonyl (C=O) groups excluding carboxylic acids is 1. The Hall–Kier alpha value is -3.28. The first kappa shape index (κ1) is 24.4. The van der Waals surface area contributed by atoms with E-state index in [1.165, 1.54) is 19.2 Å². The summed E-state index contributed by atoms with van der Waals surface area (Å²) in [6, 6.07) is 10.8. The first-order valence-electron chi connectivity index (χ1n) is 9.85. The summed E-state index contributed by atoms with van der Waals surface area (Å²) >= 11 is 5.79. The molecule has 33 heavy (non-hydrogen) atoms. The number of pyridine rings is 1. The average Bonchev–Trinajstić information content (AvgIpc) is 2.77. The van der Waals surface area contributed by atoms with Crippen molar-refractivity contribution in [3.63, 3.8) is 0 Å². The fraction of sp³-hybridized carbons (Fsp3) is 0.238. The molecule has 0 aliphatic rings. The number of aromatic nitrogens is 3. The summed E-state index contributed by atoms with van der Waals surface area (Å²) in [6.45, 7) is 1.23. The lowest BCUT2D eigenvalue weighted by atomic mass is 10.2. The van der Waals surface area contributed by atoms with Gasteiger partial charge in [-0.2, -0.15) is 0 Å². The highest BCUT2D eigenvalue weighted by molar-refractivity contribution is 7.89. The summed E-state index contributed by atoms with van der Waals surface area (Å²) in [5, 5.41) is 2.47. The Morgan fingerprint density at radius 2 is 1.91 bits per heavy atom. The van der Waals surface area contributed by atoms with Gasteiger partial charge in [-0.3, -0.25) is 23.7 Å². The second-order valence-electron chi connectivity index (χ2n) is 7.23. The zero-order valence-electron chi connectivity index (χ0n) is 17.9. The normalized spacial score (nSPS) is 11.4. The lowest BCUT2D eigenvalue weighted by molar-refractivity contribution is -0.116. The Morgan fingerprint density at radius 1 is 1.15 bits per heavy atom. The number of aryl methyl sites for hydroxylation is 1. The molecule has 2 aromatic heterocycles. The fourth-order valence-electron chi connectivity index (χ4n) is 3.04. The van der Waals surface area contributed by atoms with Gasteiger partial charge in [0.15, 0.2) is 0 Å². The van der Waals surface area contributed by atoms with Crippen molar-refractivity contribution < 1.29 is 13.2 Å². The molecule has 174 valence electrons. The predicted octanol–water partition coefficient (Wildman–Crippen LogP) is 1.06. The van der Waals surface area contributed by atoms with Gasteiger partial charge in [0.2, 0.25) is 15.9 Å². The quantitative estimate of drug-likeness (QED) is 0.453. The van der Waals surface area contributed by atoms with Crippen molar-refractivity contribution in [2.24, 2.45) is 7.05 Å². The van der Waals surface area contributed by atoms with Crippen LogP contribution in [-0.2, 0) is 34.8 Å². The van der Waals surface area contributed by atoms with Crippen molar-refractivity contribution in [1.29, 1.82) is 0 Å². The zero-order chi connectivity index (χ0) is 24.2. The highest BCUT2D eigenvalue weighted by Gasteiger charge is 2.18. The highest BCUT2D eigenvalue weighted by atomic mass is 35.5. The standard InChI is InChI=1S/C21H22ClN5O5S/c1-14-6-7-16(25-19(28)13-27-20(29)12-18(22)26(2)21(27)30)11-17(14)33(31,32)24-10-8-15-5-3-4-9-23-15/h3-7,9,11-12,24H,8,10,13H2,1-2H3,(H,25,28). The van der Waals surface area contributed by atoms with E-state index in [-0.39, 0.29) is 22.3 Å². The molecule has 3 rings (SSSR count). The van der Waals surface area contributed by atoms with Crippen LogP contribution in [0, 0.1) is 6.92 Å². The van der Waals surface area contributed by atoms with Gasteiger partial charge in [0.1, 0.15) is 11.7 Å². The SMILES string of the molecule is Cc1ccc(NC(=O)Cn2c(=O)cc(Cl)n(C)c2=O)cc1S(=O)(=O)NCCc1ccccn1. The molecule has 0 saturated carbocycles. The number of hydrogen-bond donors (Lipinski definition) is 2. The number of anilines is 1. The number of nitrogens with one attached hydrogen (secondary N) is 2. The molecule has 0 radical (unpaired) electrons. The molecule has 3 aromatic rings. The van der Waals surface area contributed by atoms with E-state index in [9.17, 15) is 22.8 Å². The van der Waals surface area contributed by atoms with Crippen LogP contribution < -0.4 is 21.3 Å². The number of benzene rings is 1. The summed E-state index contributed by atoms with van der Waals surface area (Å²) in [5.74, 6) is -0.674. The van der Waals surface area contributed by atoms with Crippen molar-refractivity contribution in [3.8, 4) is 0 Å². The average molecular weight is 492 g/mol. The molecule has 0 aliphatic carbocycles. The van der Waals surface area contributed by atoms with Crippen molar-refractivity contribution >= 4 is 33.2 Å². The predicted molar refractivity (Wildman–Crippen MR) is 124 cm³/mol. The Morgan fingerprint density at radius 3 is 2.61 bits per heavy atom. The molecule has 0 atom stereocenters. The maximum absolute atomic E-state index is 12.8. The molecule has 12 heteroatoms. The van der Waals surface area contributed by atoms with Gasteiger partial charge < -0.3 is 5.32 Å².